The maximum atomic E-state index is 11.5. The number of likely N-dealkylation sites (N-methyl/N-ethyl adjacent to an activating group) is 1. The van der Waals surface area contributed by atoms with Gasteiger partial charge in [-0.3, -0.25) is 0 Å². The number of aliphatic hydroxyl groups excluding tert-OH is 7. The minimum atomic E-state index is -1.54. The summed E-state index contributed by atoms with van der Waals surface area (Å²) in [5, 5.41) is 92.0. The Morgan fingerprint density at radius 1 is 1.02 bits per heavy atom. The van der Waals surface area contributed by atoms with E-state index in [4.69, 9.17) is 36.1 Å². The van der Waals surface area contributed by atoms with Crippen molar-refractivity contribution in [3.63, 3.8) is 0 Å². The number of ether oxygens (including phenoxy) is 4. The Labute approximate surface area is 264 Å². The second-order valence-electron chi connectivity index (χ2n) is 12.2. The molecule has 1 saturated carbocycles. The highest BCUT2D eigenvalue weighted by atomic mass is 16.7. The molecule has 1 aliphatic carbocycles. The lowest BCUT2D eigenvalue weighted by Gasteiger charge is -2.48. The van der Waals surface area contributed by atoms with Crippen molar-refractivity contribution in [3.8, 4) is 0 Å². The van der Waals surface area contributed by atoms with Crippen molar-refractivity contribution in [2.75, 3.05) is 53.0 Å². The van der Waals surface area contributed by atoms with Gasteiger partial charge in [-0.2, -0.15) is 0 Å². The van der Waals surface area contributed by atoms with Crippen LogP contribution >= 0.6 is 0 Å². The summed E-state index contributed by atoms with van der Waals surface area (Å²) in [5.41, 5.74) is 16.0. The number of hydrogen-bond acceptors (Lipinski definition) is 18. The number of nitrogens with two attached hydrogens (primary N) is 3. The van der Waals surface area contributed by atoms with Gasteiger partial charge in [0, 0.05) is 38.3 Å². The lowest BCUT2D eigenvalue weighted by atomic mass is 9.83. The van der Waals surface area contributed by atoms with Gasteiger partial charge >= 0.3 is 0 Å². The van der Waals surface area contributed by atoms with Crippen molar-refractivity contribution in [1.29, 1.82) is 0 Å². The van der Waals surface area contributed by atoms with E-state index >= 15 is 0 Å². The van der Waals surface area contributed by atoms with Gasteiger partial charge in [0.15, 0.2) is 12.6 Å². The van der Waals surface area contributed by atoms with Gasteiger partial charge < -0.3 is 93.0 Å². The van der Waals surface area contributed by atoms with Crippen molar-refractivity contribution in [2.24, 2.45) is 17.2 Å². The highest BCUT2D eigenvalue weighted by Gasteiger charge is 2.51. The lowest BCUT2D eigenvalue weighted by molar-refractivity contribution is -0.306. The number of hydrogen-bond donors (Lipinski definition) is 14. The average Bonchev–Trinajstić information content (AvgIpc) is 2.99. The molecule has 2 rings (SSSR count). The molecule has 0 aromatic carbocycles. The Hall–Kier alpha value is -0.720. The monoisotopic (exact) mass is 658 g/mol. The fraction of sp³-hybridized carbons (Fsp3) is 1.00. The first-order valence-corrected chi connectivity index (χ1v) is 15.5. The molecule has 0 amide bonds. The predicted molar refractivity (Wildman–Crippen MR) is 160 cm³/mol. The van der Waals surface area contributed by atoms with Crippen molar-refractivity contribution in [1.82, 2.24) is 16.0 Å². The number of aliphatic hydroxyl groups is 8. The van der Waals surface area contributed by atoms with Gasteiger partial charge in [0.1, 0.15) is 48.3 Å². The van der Waals surface area contributed by atoms with Crippen LogP contribution in [0.5, 0.6) is 0 Å². The van der Waals surface area contributed by atoms with E-state index in [1.54, 1.807) is 7.05 Å². The molecule has 0 radical (unpaired) electrons. The van der Waals surface area contributed by atoms with Crippen LogP contribution in [0.25, 0.3) is 0 Å². The molecule has 2 fully saturated rings. The molecule has 18 heteroatoms. The van der Waals surface area contributed by atoms with E-state index in [1.807, 2.05) is 0 Å². The van der Waals surface area contributed by atoms with Crippen molar-refractivity contribution < 1.29 is 59.8 Å². The molecule has 1 heterocycles. The summed E-state index contributed by atoms with van der Waals surface area (Å²) in [6.07, 6.45) is -12.6. The maximum absolute atomic E-state index is 11.5. The van der Waals surface area contributed by atoms with Crippen molar-refractivity contribution in [3.05, 3.63) is 0 Å². The first kappa shape index (κ1) is 40.5. The second-order valence-corrected chi connectivity index (χ2v) is 12.2. The zero-order valence-electron chi connectivity index (χ0n) is 26.4. The summed E-state index contributed by atoms with van der Waals surface area (Å²) in [7, 11) is 1.57. The molecule has 0 aromatic rings. The molecule has 0 aromatic heterocycles. The molecule has 15 atom stereocenters. The topological polar surface area (TPSA) is 313 Å². The quantitative estimate of drug-likeness (QED) is 0.0540. The van der Waals surface area contributed by atoms with Crippen molar-refractivity contribution >= 4 is 0 Å². The Morgan fingerprint density at radius 3 is 2.31 bits per heavy atom. The predicted octanol–water partition coefficient (Wildman–Crippen LogP) is -7.07. The third kappa shape index (κ3) is 11.7. The van der Waals surface area contributed by atoms with Crippen LogP contribution in [-0.4, -0.2) is 185 Å². The van der Waals surface area contributed by atoms with Gasteiger partial charge in [0.05, 0.1) is 31.5 Å². The van der Waals surface area contributed by atoms with Gasteiger partial charge in [0.2, 0.25) is 0 Å². The average molecular weight is 659 g/mol. The fourth-order valence-corrected chi connectivity index (χ4v) is 5.68. The molecular weight excluding hydrogens is 600 g/mol. The molecule has 2 aliphatic rings. The summed E-state index contributed by atoms with van der Waals surface area (Å²) >= 11 is 0. The molecule has 17 N–H and O–H groups in total. The van der Waals surface area contributed by atoms with Gasteiger partial charge in [-0.15, -0.1) is 0 Å². The second kappa shape index (κ2) is 19.3. The molecular formula is C27H58N6O12. The van der Waals surface area contributed by atoms with E-state index in [-0.39, 0.29) is 45.8 Å². The van der Waals surface area contributed by atoms with E-state index in [0.29, 0.717) is 6.42 Å². The largest absolute Gasteiger partial charge is 0.394 e. The SMILES string of the molecule is CNC1C(O)C(OC2C(NCC(O)CN)CC(N)C(OC(C)OC(CNCC(O)CCN)C(O)C(O)CO)C2O)OCC1(C)O. The Morgan fingerprint density at radius 2 is 1.71 bits per heavy atom. The molecule has 1 aliphatic heterocycles. The van der Waals surface area contributed by atoms with Gasteiger partial charge in [-0.1, -0.05) is 0 Å². The first-order valence-electron chi connectivity index (χ1n) is 15.5. The highest BCUT2D eigenvalue weighted by Crippen LogP contribution is 2.31. The lowest BCUT2D eigenvalue weighted by Crippen LogP contribution is -2.69. The third-order valence-corrected chi connectivity index (χ3v) is 8.24. The zero-order valence-corrected chi connectivity index (χ0v) is 26.4. The summed E-state index contributed by atoms with van der Waals surface area (Å²) in [6.45, 7) is 2.53. The molecule has 18 nitrogen and oxygen atoms in total. The summed E-state index contributed by atoms with van der Waals surface area (Å²) in [5.74, 6) is 0. The van der Waals surface area contributed by atoms with E-state index in [2.05, 4.69) is 16.0 Å². The molecule has 0 bridgehead atoms. The summed E-state index contributed by atoms with van der Waals surface area (Å²) in [4.78, 5) is 0. The van der Waals surface area contributed by atoms with Crippen LogP contribution in [-0.2, 0) is 18.9 Å². The van der Waals surface area contributed by atoms with Crippen molar-refractivity contribution in [2.45, 2.75) is 118 Å². The maximum Gasteiger partial charge on any atom is 0.185 e. The normalized spacial score (nSPS) is 36.7. The van der Waals surface area contributed by atoms with E-state index in [9.17, 15) is 40.9 Å². The van der Waals surface area contributed by atoms with E-state index in [1.165, 1.54) is 13.8 Å². The first-order chi connectivity index (χ1) is 21.2. The zero-order chi connectivity index (χ0) is 33.9. The van der Waals surface area contributed by atoms with Gasteiger partial charge in [-0.25, -0.2) is 0 Å². The van der Waals surface area contributed by atoms with Gasteiger partial charge in [0.25, 0.3) is 0 Å². The van der Waals surface area contributed by atoms with Crippen LogP contribution in [0.2, 0.25) is 0 Å². The van der Waals surface area contributed by atoms with Crippen LogP contribution in [0.1, 0.15) is 26.7 Å². The molecule has 0 spiro atoms. The van der Waals surface area contributed by atoms with E-state index < -0.39 is 97.8 Å². The number of nitrogens with one attached hydrogen (secondary N) is 3. The summed E-state index contributed by atoms with van der Waals surface area (Å²) in [6, 6.07) is -2.23. The Balaban J connectivity index is 2.19. The van der Waals surface area contributed by atoms with Crippen LogP contribution in [0.3, 0.4) is 0 Å². The minimum Gasteiger partial charge on any atom is -0.394 e. The molecule has 45 heavy (non-hydrogen) atoms. The highest BCUT2D eigenvalue weighted by molar-refractivity contribution is 5.02. The van der Waals surface area contributed by atoms with Crippen LogP contribution in [0.4, 0.5) is 0 Å². The smallest absolute Gasteiger partial charge is 0.185 e. The molecule has 268 valence electrons. The Kier molecular flexibility index (Phi) is 17.4. The Bertz CT molecular complexity index is 824. The van der Waals surface area contributed by atoms with E-state index in [0.717, 1.165) is 0 Å². The molecule has 15 unspecified atom stereocenters. The van der Waals surface area contributed by atoms with Crippen LogP contribution < -0.4 is 33.2 Å². The number of rotatable bonds is 20. The molecule has 1 saturated heterocycles. The third-order valence-electron chi connectivity index (χ3n) is 8.24. The summed E-state index contributed by atoms with van der Waals surface area (Å²) < 4.78 is 23.6. The standard InChI is InChI=1S/C27H58N6O12/c1-13(43-19(20(38)18(37)11-34)10-32-8-14(35)4-5-28)44-23-16(30)6-17(33-9-15(36)7-29)24(21(23)39)45-26-22(40)25(31-3)27(2,41)12-42-26/h13-26,31-41H,4-12,28-30H2,1-3H3. The fourth-order valence-electron chi connectivity index (χ4n) is 5.68. The minimum absolute atomic E-state index is 0.0113. The van der Waals surface area contributed by atoms with Crippen LogP contribution in [0.15, 0.2) is 0 Å². The van der Waals surface area contributed by atoms with Crippen LogP contribution in [0, 0.1) is 0 Å². The van der Waals surface area contributed by atoms with Gasteiger partial charge in [-0.05, 0) is 40.3 Å².